The average molecular weight is 366 g/mol. The predicted molar refractivity (Wildman–Crippen MR) is 92.7 cm³/mol. The van der Waals surface area contributed by atoms with Crippen molar-refractivity contribution in [2.75, 3.05) is 26.7 Å². The van der Waals surface area contributed by atoms with Crippen molar-refractivity contribution in [2.24, 2.45) is 5.92 Å². The monoisotopic (exact) mass is 366 g/mol. The molecule has 0 saturated carbocycles. The van der Waals surface area contributed by atoms with E-state index in [4.69, 9.17) is 5.11 Å². The Morgan fingerprint density at radius 1 is 1.28 bits per heavy atom. The number of amides is 1. The minimum Gasteiger partial charge on any atom is -0.478 e. The summed E-state index contributed by atoms with van der Waals surface area (Å²) in [7, 11) is -1.98. The molecule has 0 atom stereocenters. The number of benzene rings is 1. The number of aromatic carboxylic acids is 1. The summed E-state index contributed by atoms with van der Waals surface area (Å²) < 4.78 is 26.6. The second kappa shape index (κ2) is 7.79. The Morgan fingerprint density at radius 3 is 2.32 bits per heavy atom. The number of rotatable bonds is 6. The van der Waals surface area contributed by atoms with Gasteiger partial charge in [0.2, 0.25) is 15.9 Å². The molecule has 0 bridgehead atoms. The second-order valence-electron chi connectivity index (χ2n) is 6.02. The molecule has 1 aromatic rings. The van der Waals surface area contributed by atoms with Crippen molar-refractivity contribution >= 4 is 21.9 Å². The van der Waals surface area contributed by atoms with E-state index in [-0.39, 0.29) is 35.4 Å². The molecule has 0 aromatic heterocycles. The molecule has 0 aliphatic carbocycles. The molecule has 0 unspecified atom stereocenters. The van der Waals surface area contributed by atoms with Gasteiger partial charge in [-0.15, -0.1) is 6.58 Å². The summed E-state index contributed by atoms with van der Waals surface area (Å²) in [6.07, 6.45) is 2.58. The van der Waals surface area contributed by atoms with Gasteiger partial charge in [-0.25, -0.2) is 13.2 Å². The van der Waals surface area contributed by atoms with Gasteiger partial charge in [0.05, 0.1) is 10.5 Å². The van der Waals surface area contributed by atoms with Gasteiger partial charge in [-0.05, 0) is 37.1 Å². The van der Waals surface area contributed by atoms with Crippen LogP contribution >= 0.6 is 0 Å². The topological polar surface area (TPSA) is 95.0 Å². The van der Waals surface area contributed by atoms with E-state index >= 15 is 0 Å². The van der Waals surface area contributed by atoms with Gasteiger partial charge in [-0.2, -0.15) is 4.31 Å². The maximum absolute atomic E-state index is 12.7. The maximum Gasteiger partial charge on any atom is 0.335 e. The van der Waals surface area contributed by atoms with Crippen molar-refractivity contribution in [1.29, 1.82) is 0 Å². The summed E-state index contributed by atoms with van der Waals surface area (Å²) >= 11 is 0. The van der Waals surface area contributed by atoms with Crippen molar-refractivity contribution in [3.05, 3.63) is 42.5 Å². The molecule has 0 radical (unpaired) electrons. The predicted octanol–water partition coefficient (Wildman–Crippen LogP) is 1.43. The number of carboxylic acid groups (broad SMARTS) is 1. The zero-order valence-electron chi connectivity index (χ0n) is 14.1. The number of hydrogen-bond acceptors (Lipinski definition) is 4. The molecule has 7 nitrogen and oxygen atoms in total. The molecule has 25 heavy (non-hydrogen) atoms. The zero-order chi connectivity index (χ0) is 18.6. The van der Waals surface area contributed by atoms with E-state index in [1.54, 1.807) is 18.0 Å². The third-order valence-electron chi connectivity index (χ3n) is 4.32. The van der Waals surface area contributed by atoms with Crippen LogP contribution in [-0.4, -0.2) is 61.3 Å². The number of hydrogen-bond donors (Lipinski definition) is 1. The lowest BCUT2D eigenvalue weighted by molar-refractivity contribution is -0.134. The standard InChI is InChI=1S/C17H22N2O5S/c1-3-10-18(2)16(20)13-8-11-19(12-9-13)25(23,24)15-6-4-14(5-7-15)17(21)22/h3-7,13H,1,8-12H2,2H3,(H,21,22). The van der Waals surface area contributed by atoms with Crippen LogP contribution in [0.4, 0.5) is 0 Å². The summed E-state index contributed by atoms with van der Waals surface area (Å²) in [5, 5.41) is 8.89. The van der Waals surface area contributed by atoms with Gasteiger partial charge in [-0.3, -0.25) is 4.79 Å². The number of sulfonamides is 1. The third-order valence-corrected chi connectivity index (χ3v) is 6.23. The third kappa shape index (κ3) is 4.26. The van der Waals surface area contributed by atoms with E-state index in [9.17, 15) is 18.0 Å². The fourth-order valence-corrected chi connectivity index (χ4v) is 4.33. The first kappa shape index (κ1) is 19.1. The number of carbonyl (C=O) groups excluding carboxylic acids is 1. The van der Waals surface area contributed by atoms with Gasteiger partial charge in [0.1, 0.15) is 0 Å². The van der Waals surface area contributed by atoms with Crippen molar-refractivity contribution in [3.63, 3.8) is 0 Å². The number of carbonyl (C=O) groups is 2. The Morgan fingerprint density at radius 2 is 1.84 bits per heavy atom. The Balaban J connectivity index is 2.04. The van der Waals surface area contributed by atoms with Crippen molar-refractivity contribution in [3.8, 4) is 0 Å². The molecule has 2 rings (SSSR count). The van der Waals surface area contributed by atoms with Crippen LogP contribution in [0.5, 0.6) is 0 Å². The largest absolute Gasteiger partial charge is 0.478 e. The first-order chi connectivity index (χ1) is 11.8. The highest BCUT2D eigenvalue weighted by molar-refractivity contribution is 7.89. The van der Waals surface area contributed by atoms with E-state index in [1.807, 2.05) is 0 Å². The molecule has 1 aliphatic heterocycles. The van der Waals surface area contributed by atoms with Gasteiger partial charge in [0.25, 0.3) is 0 Å². The molecule has 136 valence electrons. The highest BCUT2D eigenvalue weighted by atomic mass is 32.2. The van der Waals surface area contributed by atoms with E-state index in [2.05, 4.69) is 6.58 Å². The summed E-state index contributed by atoms with van der Waals surface area (Å²) in [5.74, 6) is -1.29. The van der Waals surface area contributed by atoms with Crippen LogP contribution in [0, 0.1) is 5.92 Å². The summed E-state index contributed by atoms with van der Waals surface area (Å²) in [6.45, 7) is 4.60. The SMILES string of the molecule is C=CCN(C)C(=O)C1CCN(S(=O)(=O)c2ccc(C(=O)O)cc2)CC1. The molecule has 1 aliphatic rings. The summed E-state index contributed by atoms with van der Waals surface area (Å²) in [4.78, 5) is 24.8. The lowest BCUT2D eigenvalue weighted by Crippen LogP contribution is -2.43. The Bertz CT molecular complexity index is 750. The molecule has 8 heteroatoms. The van der Waals surface area contributed by atoms with Crippen LogP contribution in [0.25, 0.3) is 0 Å². The van der Waals surface area contributed by atoms with Crippen molar-refractivity contribution in [1.82, 2.24) is 9.21 Å². The van der Waals surface area contributed by atoms with Crippen LogP contribution in [0.15, 0.2) is 41.8 Å². The molecule has 1 fully saturated rings. The van der Waals surface area contributed by atoms with E-state index < -0.39 is 16.0 Å². The van der Waals surface area contributed by atoms with Crippen LogP contribution in [-0.2, 0) is 14.8 Å². The first-order valence-corrected chi connectivity index (χ1v) is 9.40. The molecule has 1 saturated heterocycles. The van der Waals surface area contributed by atoms with Gasteiger partial charge >= 0.3 is 5.97 Å². The van der Waals surface area contributed by atoms with Crippen LogP contribution in [0.2, 0.25) is 0 Å². The Hall–Kier alpha value is -2.19. The molecule has 1 amide bonds. The molecule has 0 spiro atoms. The lowest BCUT2D eigenvalue weighted by atomic mass is 9.97. The van der Waals surface area contributed by atoms with Crippen LogP contribution < -0.4 is 0 Å². The first-order valence-electron chi connectivity index (χ1n) is 7.96. The quantitative estimate of drug-likeness (QED) is 0.769. The number of piperidine rings is 1. The highest BCUT2D eigenvalue weighted by Gasteiger charge is 2.33. The van der Waals surface area contributed by atoms with Crippen molar-refractivity contribution in [2.45, 2.75) is 17.7 Å². The van der Waals surface area contributed by atoms with Gasteiger partial charge in [-0.1, -0.05) is 6.08 Å². The molecular weight excluding hydrogens is 344 g/mol. The van der Waals surface area contributed by atoms with Crippen LogP contribution in [0.3, 0.4) is 0 Å². The van der Waals surface area contributed by atoms with Crippen LogP contribution in [0.1, 0.15) is 23.2 Å². The molecular formula is C17H22N2O5S. The minimum atomic E-state index is -3.68. The van der Waals surface area contributed by atoms with Gasteiger partial charge in [0, 0.05) is 32.6 Å². The minimum absolute atomic E-state index is 0.00255. The highest BCUT2D eigenvalue weighted by Crippen LogP contribution is 2.25. The maximum atomic E-state index is 12.7. The zero-order valence-corrected chi connectivity index (χ0v) is 14.9. The van der Waals surface area contributed by atoms with Crippen molar-refractivity contribution < 1.29 is 23.1 Å². The summed E-state index contributed by atoms with van der Waals surface area (Å²) in [6, 6.07) is 5.15. The Kier molecular flexibility index (Phi) is 5.97. The number of carboxylic acids is 1. The number of likely N-dealkylation sites (N-methyl/N-ethyl adjacent to an activating group) is 1. The fourth-order valence-electron chi connectivity index (χ4n) is 2.86. The average Bonchev–Trinajstić information content (AvgIpc) is 2.61. The van der Waals surface area contributed by atoms with Gasteiger partial charge in [0.15, 0.2) is 0 Å². The van der Waals surface area contributed by atoms with E-state index in [1.165, 1.54) is 28.6 Å². The fraction of sp³-hybridized carbons (Fsp3) is 0.412. The molecule has 1 aromatic carbocycles. The smallest absolute Gasteiger partial charge is 0.335 e. The molecule has 1 heterocycles. The normalized spacial score (nSPS) is 16.4. The van der Waals surface area contributed by atoms with Gasteiger partial charge < -0.3 is 10.0 Å². The lowest BCUT2D eigenvalue weighted by Gasteiger charge is -2.32. The summed E-state index contributed by atoms with van der Waals surface area (Å²) in [5.41, 5.74) is 0.0357. The van der Waals surface area contributed by atoms with E-state index in [0.717, 1.165) is 0 Å². The second-order valence-corrected chi connectivity index (χ2v) is 7.95. The number of nitrogens with zero attached hydrogens (tertiary/aromatic N) is 2. The molecule has 1 N–H and O–H groups in total. The van der Waals surface area contributed by atoms with E-state index in [0.29, 0.717) is 19.4 Å². The Labute approximate surface area is 147 Å².